The van der Waals surface area contributed by atoms with Crippen LogP contribution in [0.25, 0.3) is 22.3 Å². The lowest BCUT2D eigenvalue weighted by Crippen LogP contribution is -2.21. The highest BCUT2D eigenvalue weighted by Gasteiger charge is 2.38. The van der Waals surface area contributed by atoms with E-state index in [1.54, 1.807) is 0 Å². The lowest BCUT2D eigenvalue weighted by molar-refractivity contribution is -0.192. The Balaban J connectivity index is 0.000000298. The zero-order valence-corrected chi connectivity index (χ0v) is 14.7. The van der Waals surface area contributed by atoms with Gasteiger partial charge in [-0.2, -0.15) is 13.2 Å². The van der Waals surface area contributed by atoms with Crippen molar-refractivity contribution in [3.8, 4) is 11.3 Å². The van der Waals surface area contributed by atoms with Gasteiger partial charge >= 0.3 is 12.1 Å². The molecule has 0 amide bonds. The summed E-state index contributed by atoms with van der Waals surface area (Å²) in [6, 6.07) is 4.06. The largest absolute Gasteiger partial charge is 0.490 e. The summed E-state index contributed by atoms with van der Waals surface area (Å²) in [6.07, 6.45) is 0.733. The molecule has 140 valence electrons. The minimum absolute atomic E-state index is 0.0390. The lowest BCUT2D eigenvalue weighted by Gasteiger charge is -2.17. The third kappa shape index (κ3) is 4.22. The number of carbonyl (C=O) groups is 1. The predicted molar refractivity (Wildman–Crippen MR) is 90.7 cm³/mol. The summed E-state index contributed by atoms with van der Waals surface area (Å²) in [4.78, 5) is 21.1. The first kappa shape index (κ1) is 19.5. The number of aromatic nitrogens is 4. The van der Waals surface area contributed by atoms with Gasteiger partial charge in [-0.25, -0.2) is 14.8 Å². The summed E-state index contributed by atoms with van der Waals surface area (Å²) in [5.41, 5.74) is 3.06. The number of halogens is 3. The molecule has 9 heteroatoms. The number of imidazole rings is 1. The van der Waals surface area contributed by atoms with Crippen LogP contribution < -0.4 is 0 Å². The van der Waals surface area contributed by atoms with Crippen LogP contribution in [0.1, 0.15) is 26.6 Å². The number of aryl methyl sites for hydroxylation is 1. The third-order valence-electron chi connectivity index (χ3n) is 3.53. The molecule has 3 heterocycles. The SMILES string of the molecule is Cn1cc(-c2ccnc3[nH]ccc23)nc1C(C)(C)C.O=C(O)C(F)(F)F. The zero-order valence-electron chi connectivity index (χ0n) is 14.7. The van der Waals surface area contributed by atoms with E-state index < -0.39 is 12.1 Å². The van der Waals surface area contributed by atoms with E-state index in [1.807, 2.05) is 31.6 Å². The molecule has 0 fully saturated rings. The number of hydrogen-bond donors (Lipinski definition) is 2. The van der Waals surface area contributed by atoms with Gasteiger partial charge < -0.3 is 14.7 Å². The van der Waals surface area contributed by atoms with Crippen LogP contribution >= 0.6 is 0 Å². The van der Waals surface area contributed by atoms with Crippen LogP contribution in [0.3, 0.4) is 0 Å². The number of nitrogens with zero attached hydrogens (tertiary/aromatic N) is 3. The van der Waals surface area contributed by atoms with Gasteiger partial charge in [-0.3, -0.25) is 0 Å². The van der Waals surface area contributed by atoms with E-state index >= 15 is 0 Å². The van der Waals surface area contributed by atoms with Crippen molar-refractivity contribution < 1.29 is 23.1 Å². The van der Waals surface area contributed by atoms with E-state index in [1.165, 1.54) is 0 Å². The Morgan fingerprint density at radius 3 is 2.35 bits per heavy atom. The van der Waals surface area contributed by atoms with Crippen molar-refractivity contribution >= 4 is 17.0 Å². The van der Waals surface area contributed by atoms with Gasteiger partial charge in [-0.1, -0.05) is 20.8 Å². The van der Waals surface area contributed by atoms with Crippen molar-refractivity contribution in [2.24, 2.45) is 7.05 Å². The highest BCUT2D eigenvalue weighted by molar-refractivity contribution is 5.91. The highest BCUT2D eigenvalue weighted by atomic mass is 19.4. The van der Waals surface area contributed by atoms with Crippen molar-refractivity contribution in [1.82, 2.24) is 19.5 Å². The Labute approximate surface area is 147 Å². The smallest absolute Gasteiger partial charge is 0.475 e. The molecule has 0 bridgehead atoms. The van der Waals surface area contributed by atoms with Gasteiger partial charge in [0.25, 0.3) is 0 Å². The fourth-order valence-electron chi connectivity index (χ4n) is 2.48. The van der Waals surface area contributed by atoms with E-state index in [9.17, 15) is 13.2 Å². The van der Waals surface area contributed by atoms with E-state index in [0.717, 1.165) is 28.1 Å². The quantitative estimate of drug-likeness (QED) is 0.682. The van der Waals surface area contributed by atoms with E-state index in [2.05, 4.69) is 41.5 Å². The maximum Gasteiger partial charge on any atom is 0.490 e. The molecule has 0 aliphatic carbocycles. The van der Waals surface area contributed by atoms with Gasteiger partial charge in [0.2, 0.25) is 0 Å². The van der Waals surface area contributed by atoms with Gasteiger partial charge in [0, 0.05) is 42.0 Å². The maximum absolute atomic E-state index is 10.6. The summed E-state index contributed by atoms with van der Waals surface area (Å²) < 4.78 is 33.8. The second kappa shape index (κ2) is 6.81. The number of nitrogens with one attached hydrogen (secondary N) is 1. The Hall–Kier alpha value is -2.84. The number of H-pyrrole nitrogens is 1. The summed E-state index contributed by atoms with van der Waals surface area (Å²) in [7, 11) is 2.05. The molecule has 0 radical (unpaired) electrons. The number of fused-ring (bicyclic) bond motifs is 1. The van der Waals surface area contributed by atoms with Crippen molar-refractivity contribution in [3.63, 3.8) is 0 Å². The van der Waals surface area contributed by atoms with Crippen LogP contribution in [0.5, 0.6) is 0 Å². The van der Waals surface area contributed by atoms with E-state index in [4.69, 9.17) is 14.9 Å². The van der Waals surface area contributed by atoms with Gasteiger partial charge in [0.15, 0.2) is 0 Å². The van der Waals surface area contributed by atoms with Gasteiger partial charge in [0.05, 0.1) is 5.69 Å². The van der Waals surface area contributed by atoms with Gasteiger partial charge in [-0.15, -0.1) is 0 Å². The molecule has 2 N–H and O–H groups in total. The number of pyridine rings is 1. The Kier molecular flexibility index (Phi) is 5.11. The van der Waals surface area contributed by atoms with Gasteiger partial charge in [0.1, 0.15) is 11.5 Å². The molecule has 0 aromatic carbocycles. The van der Waals surface area contributed by atoms with Crippen molar-refractivity contribution in [3.05, 3.63) is 36.5 Å². The van der Waals surface area contributed by atoms with Crippen LogP contribution in [-0.2, 0) is 17.3 Å². The molecular formula is C17H19F3N4O2. The average Bonchev–Trinajstić information content (AvgIpc) is 3.12. The standard InChI is InChI=1S/C15H18N4.C2HF3O2/c1-15(2,3)14-18-12(9-19(14)4)10-5-7-16-13-11(10)6-8-17-13;3-2(4,5)1(6)7/h5-9H,1-4H3,(H,16,17);(H,6,7). The molecule has 0 saturated carbocycles. The number of rotatable bonds is 1. The second-order valence-corrected chi connectivity index (χ2v) is 6.71. The molecule has 0 aliphatic heterocycles. The topological polar surface area (TPSA) is 83.8 Å². The fourth-order valence-corrected chi connectivity index (χ4v) is 2.48. The molecule has 3 aromatic rings. The normalized spacial score (nSPS) is 12.0. The third-order valence-corrected chi connectivity index (χ3v) is 3.53. The summed E-state index contributed by atoms with van der Waals surface area (Å²) >= 11 is 0. The van der Waals surface area contributed by atoms with Gasteiger partial charge in [-0.05, 0) is 12.1 Å². The first-order chi connectivity index (χ1) is 11.9. The molecule has 6 nitrogen and oxygen atoms in total. The molecule has 0 aliphatic rings. The number of carboxylic acid groups (broad SMARTS) is 1. The predicted octanol–water partition coefficient (Wildman–Crippen LogP) is 3.89. The first-order valence-corrected chi connectivity index (χ1v) is 7.67. The minimum atomic E-state index is -5.08. The number of hydrogen-bond acceptors (Lipinski definition) is 3. The van der Waals surface area contributed by atoms with Crippen LogP contribution in [0.2, 0.25) is 0 Å². The monoisotopic (exact) mass is 368 g/mol. The van der Waals surface area contributed by atoms with E-state index in [-0.39, 0.29) is 5.41 Å². The van der Waals surface area contributed by atoms with Crippen molar-refractivity contribution in [2.75, 3.05) is 0 Å². The lowest BCUT2D eigenvalue weighted by atomic mass is 9.96. The molecule has 0 atom stereocenters. The van der Waals surface area contributed by atoms with Crippen LogP contribution in [0.4, 0.5) is 13.2 Å². The number of aliphatic carboxylic acids is 1. The molecule has 0 saturated heterocycles. The zero-order chi connectivity index (χ0) is 19.7. The molecule has 26 heavy (non-hydrogen) atoms. The maximum atomic E-state index is 10.6. The van der Waals surface area contributed by atoms with Crippen molar-refractivity contribution in [2.45, 2.75) is 32.4 Å². The van der Waals surface area contributed by atoms with Crippen LogP contribution in [0.15, 0.2) is 30.7 Å². The Morgan fingerprint density at radius 1 is 1.23 bits per heavy atom. The summed E-state index contributed by atoms with van der Waals surface area (Å²) in [5.74, 6) is -1.67. The first-order valence-electron chi connectivity index (χ1n) is 7.67. The number of aromatic amines is 1. The molecule has 0 unspecified atom stereocenters. The highest BCUT2D eigenvalue weighted by Crippen LogP contribution is 2.29. The van der Waals surface area contributed by atoms with Crippen LogP contribution in [-0.4, -0.2) is 36.8 Å². The molecule has 3 aromatic heterocycles. The second-order valence-electron chi connectivity index (χ2n) is 6.71. The Bertz CT molecular complexity index is 920. The Morgan fingerprint density at radius 2 is 1.85 bits per heavy atom. The summed E-state index contributed by atoms with van der Waals surface area (Å²) in [5, 5.41) is 8.24. The number of carboxylic acids is 1. The molecule has 3 rings (SSSR count). The molecular weight excluding hydrogens is 349 g/mol. The number of alkyl halides is 3. The van der Waals surface area contributed by atoms with Crippen molar-refractivity contribution in [1.29, 1.82) is 0 Å². The average molecular weight is 368 g/mol. The molecule has 0 spiro atoms. The minimum Gasteiger partial charge on any atom is -0.475 e. The summed E-state index contributed by atoms with van der Waals surface area (Å²) in [6.45, 7) is 6.53. The van der Waals surface area contributed by atoms with Crippen LogP contribution in [0, 0.1) is 0 Å². The van der Waals surface area contributed by atoms with E-state index in [0.29, 0.717) is 0 Å². The fraction of sp³-hybridized carbons (Fsp3) is 0.353.